The highest BCUT2D eigenvalue weighted by molar-refractivity contribution is 6.16. The van der Waals surface area contributed by atoms with E-state index in [1.165, 1.54) is 115 Å². The smallest absolute Gasteiger partial charge is 0.0541 e. The molecule has 0 aliphatic rings. The first-order valence-corrected chi connectivity index (χ1v) is 20.4. The van der Waals surface area contributed by atoms with Crippen molar-refractivity contribution in [2.24, 2.45) is 0 Å². The lowest BCUT2D eigenvalue weighted by atomic mass is 9.87. The van der Waals surface area contributed by atoms with Gasteiger partial charge in [0.1, 0.15) is 0 Å². The Hall–Kier alpha value is -7.74. The van der Waals surface area contributed by atoms with E-state index in [1.807, 2.05) is 0 Å². The molecule has 60 heavy (non-hydrogen) atoms. The topological polar surface area (TPSA) is 4.93 Å². The molecule has 1 nitrogen and oxygen atoms in total. The molecular weight excluding hydrogens is 723 g/mol. The fraction of sp³-hybridized carbons (Fsp3) is 0.0169. The minimum absolute atomic E-state index is 0. The van der Waals surface area contributed by atoms with Crippen LogP contribution in [0.25, 0.3) is 115 Å². The van der Waals surface area contributed by atoms with Gasteiger partial charge in [-0.1, -0.05) is 171 Å². The summed E-state index contributed by atoms with van der Waals surface area (Å²) in [7, 11) is 0. The van der Waals surface area contributed by atoms with E-state index in [4.69, 9.17) is 0 Å². The molecule has 1 heterocycles. The van der Waals surface area contributed by atoms with Crippen molar-refractivity contribution in [1.29, 1.82) is 0 Å². The Kier molecular flexibility index (Phi) is 8.42. The molecule has 0 atom stereocenters. The van der Waals surface area contributed by atoms with Gasteiger partial charge in [-0.2, -0.15) is 0 Å². The van der Waals surface area contributed by atoms with Gasteiger partial charge in [-0.05, 0) is 148 Å². The quantitative estimate of drug-likeness (QED) is 0.154. The number of fused-ring (bicyclic) bond motifs is 9. The van der Waals surface area contributed by atoms with Crippen LogP contribution in [0.5, 0.6) is 0 Å². The third-order valence-electron chi connectivity index (χ3n) is 12.3. The van der Waals surface area contributed by atoms with Crippen LogP contribution < -0.4 is 0 Å². The Morgan fingerprint density at radius 2 is 0.650 bits per heavy atom. The van der Waals surface area contributed by atoms with Crippen molar-refractivity contribution in [2.75, 3.05) is 0 Å². The SMILES string of the molecule is C.c1ccc(-n2c3ccccc3c3cc(-c4ccc(-c5cc(-c6cc7ccccc7c7ccccc67)cc(-c6cc7ccccc7c7ccccc67)c5)cc4)ccc32)cc1. The van der Waals surface area contributed by atoms with E-state index >= 15 is 0 Å². The number of hydrogen-bond donors (Lipinski definition) is 0. The van der Waals surface area contributed by atoms with Crippen LogP contribution in [0.15, 0.2) is 224 Å². The van der Waals surface area contributed by atoms with Gasteiger partial charge in [-0.25, -0.2) is 0 Å². The first-order chi connectivity index (χ1) is 29.2. The average molecular weight is 764 g/mol. The number of aromatic nitrogens is 1. The molecule has 282 valence electrons. The van der Waals surface area contributed by atoms with Crippen LogP contribution in [0, 0.1) is 0 Å². The van der Waals surface area contributed by atoms with Gasteiger partial charge in [0.25, 0.3) is 0 Å². The Balaban J connectivity index is 0.00000408. The number of rotatable bonds is 5. The van der Waals surface area contributed by atoms with Crippen LogP contribution in [-0.2, 0) is 0 Å². The predicted octanol–water partition coefficient (Wildman–Crippen LogP) is 16.7. The van der Waals surface area contributed by atoms with Gasteiger partial charge in [0.2, 0.25) is 0 Å². The number of hydrogen-bond acceptors (Lipinski definition) is 0. The molecule has 0 aliphatic heterocycles. The molecule has 12 aromatic rings. The summed E-state index contributed by atoms with van der Waals surface area (Å²) in [6.45, 7) is 0. The summed E-state index contributed by atoms with van der Waals surface area (Å²) in [6, 6.07) is 82.7. The van der Waals surface area contributed by atoms with Crippen molar-refractivity contribution in [3.05, 3.63) is 224 Å². The Bertz CT molecular complexity index is 3450. The molecule has 1 heteroatoms. The fourth-order valence-corrected chi connectivity index (χ4v) is 9.55. The van der Waals surface area contributed by atoms with Crippen molar-refractivity contribution in [2.45, 2.75) is 7.43 Å². The molecule has 0 aliphatic carbocycles. The zero-order valence-corrected chi connectivity index (χ0v) is 32.3. The van der Waals surface area contributed by atoms with Gasteiger partial charge >= 0.3 is 0 Å². The highest BCUT2D eigenvalue weighted by Crippen LogP contribution is 2.42. The van der Waals surface area contributed by atoms with Gasteiger partial charge in [0.15, 0.2) is 0 Å². The van der Waals surface area contributed by atoms with Crippen LogP contribution in [-0.4, -0.2) is 4.57 Å². The van der Waals surface area contributed by atoms with Crippen molar-refractivity contribution < 1.29 is 0 Å². The second-order valence-corrected chi connectivity index (χ2v) is 15.7. The van der Waals surface area contributed by atoms with Gasteiger partial charge in [0, 0.05) is 16.5 Å². The largest absolute Gasteiger partial charge is 0.309 e. The number of nitrogens with zero attached hydrogens (tertiary/aromatic N) is 1. The summed E-state index contributed by atoms with van der Waals surface area (Å²) in [5.41, 5.74) is 13.3. The summed E-state index contributed by atoms with van der Waals surface area (Å²) in [6.07, 6.45) is 0. The summed E-state index contributed by atoms with van der Waals surface area (Å²) < 4.78 is 2.37. The molecule has 0 saturated heterocycles. The highest BCUT2D eigenvalue weighted by atomic mass is 15.0. The molecule has 0 fully saturated rings. The molecule has 0 N–H and O–H groups in total. The van der Waals surface area contributed by atoms with E-state index in [0.717, 1.165) is 0 Å². The number of benzene rings is 11. The van der Waals surface area contributed by atoms with E-state index in [9.17, 15) is 0 Å². The lowest BCUT2D eigenvalue weighted by Crippen LogP contribution is -1.92. The van der Waals surface area contributed by atoms with Crippen LogP contribution in [0.3, 0.4) is 0 Å². The summed E-state index contributed by atoms with van der Waals surface area (Å²) in [4.78, 5) is 0. The maximum Gasteiger partial charge on any atom is 0.0541 e. The average Bonchev–Trinajstić information content (AvgIpc) is 3.65. The molecule has 0 unspecified atom stereocenters. The zero-order chi connectivity index (χ0) is 38.9. The second kappa shape index (κ2) is 14.3. The van der Waals surface area contributed by atoms with Crippen molar-refractivity contribution >= 4 is 64.9 Å². The molecular formula is C59H41N. The van der Waals surface area contributed by atoms with Gasteiger partial charge in [-0.3, -0.25) is 0 Å². The predicted molar refractivity (Wildman–Crippen MR) is 259 cm³/mol. The molecule has 0 amide bonds. The van der Waals surface area contributed by atoms with E-state index < -0.39 is 0 Å². The summed E-state index contributed by atoms with van der Waals surface area (Å²) >= 11 is 0. The Labute approximate surface area is 350 Å². The van der Waals surface area contributed by atoms with Crippen LogP contribution in [0.1, 0.15) is 7.43 Å². The van der Waals surface area contributed by atoms with Gasteiger partial charge < -0.3 is 4.57 Å². The van der Waals surface area contributed by atoms with Crippen LogP contribution in [0.2, 0.25) is 0 Å². The van der Waals surface area contributed by atoms with Crippen molar-refractivity contribution in [1.82, 2.24) is 4.57 Å². The molecule has 11 aromatic carbocycles. The normalized spacial score (nSPS) is 11.5. The Morgan fingerprint density at radius 1 is 0.233 bits per heavy atom. The summed E-state index contributed by atoms with van der Waals surface area (Å²) in [5, 5.41) is 12.6. The lowest BCUT2D eigenvalue weighted by Gasteiger charge is -2.17. The van der Waals surface area contributed by atoms with Crippen LogP contribution >= 0.6 is 0 Å². The van der Waals surface area contributed by atoms with Crippen molar-refractivity contribution in [3.8, 4) is 50.2 Å². The molecule has 0 spiro atoms. The molecule has 1 aromatic heterocycles. The molecule has 0 saturated carbocycles. The zero-order valence-electron chi connectivity index (χ0n) is 32.3. The van der Waals surface area contributed by atoms with Crippen molar-refractivity contribution in [3.63, 3.8) is 0 Å². The minimum atomic E-state index is 0. The standard InChI is InChI=1S/C58H37N.CH4/c1-2-16-46(17-3-1)59-57-25-13-12-24-53(57)56-35-40(30-31-58(56)59)38-26-28-39(29-27-38)43-32-44(54-36-41-14-4-6-18-47(41)49-20-8-10-22-51(49)54)34-45(33-43)55-37-42-15-5-7-19-48(42)50-21-9-11-23-52(50)55;/h1-37H;1H4. The van der Waals surface area contributed by atoms with E-state index in [-0.39, 0.29) is 7.43 Å². The second-order valence-electron chi connectivity index (χ2n) is 15.7. The monoisotopic (exact) mass is 763 g/mol. The fourth-order valence-electron chi connectivity index (χ4n) is 9.55. The highest BCUT2D eigenvalue weighted by Gasteiger charge is 2.16. The van der Waals surface area contributed by atoms with Crippen LogP contribution in [0.4, 0.5) is 0 Å². The minimum Gasteiger partial charge on any atom is -0.309 e. The third kappa shape index (κ3) is 5.70. The van der Waals surface area contributed by atoms with E-state index in [2.05, 4.69) is 229 Å². The molecule has 0 radical (unpaired) electrons. The van der Waals surface area contributed by atoms with E-state index in [1.54, 1.807) is 0 Å². The molecule has 0 bridgehead atoms. The first kappa shape index (κ1) is 35.4. The van der Waals surface area contributed by atoms with Gasteiger partial charge in [0.05, 0.1) is 11.0 Å². The lowest BCUT2D eigenvalue weighted by molar-refractivity contribution is 1.18. The third-order valence-corrected chi connectivity index (χ3v) is 12.3. The first-order valence-electron chi connectivity index (χ1n) is 20.4. The Morgan fingerprint density at radius 3 is 1.23 bits per heavy atom. The summed E-state index contributed by atoms with van der Waals surface area (Å²) in [5.74, 6) is 0. The number of para-hydroxylation sites is 2. The maximum atomic E-state index is 2.41. The molecule has 12 rings (SSSR count). The van der Waals surface area contributed by atoms with E-state index in [0.29, 0.717) is 0 Å². The van der Waals surface area contributed by atoms with Gasteiger partial charge in [-0.15, -0.1) is 0 Å². The maximum absolute atomic E-state index is 2.41.